The lowest BCUT2D eigenvalue weighted by atomic mass is 10.2. The van der Waals surface area contributed by atoms with Crippen LogP contribution in [0.25, 0.3) is 0 Å². The molecule has 0 N–H and O–H groups in total. The third kappa shape index (κ3) is 2.98. The third-order valence-corrected chi connectivity index (χ3v) is 2.27. The van der Waals surface area contributed by atoms with Crippen LogP contribution in [0.1, 0.15) is 5.56 Å². The number of ether oxygens (including phenoxy) is 1. The molecule has 0 aliphatic heterocycles. The first kappa shape index (κ1) is 10.5. The van der Waals surface area contributed by atoms with Crippen LogP contribution in [0.3, 0.4) is 0 Å². The predicted molar refractivity (Wildman–Crippen MR) is 61.0 cm³/mol. The molecule has 1 heterocycles. The summed E-state index contributed by atoms with van der Waals surface area (Å²) in [4.78, 5) is 0. The summed E-state index contributed by atoms with van der Waals surface area (Å²) in [6.45, 7) is 0.618. The normalized spacial score (nSPS) is 10.0. The van der Waals surface area contributed by atoms with Gasteiger partial charge in [0.15, 0.2) is 12.4 Å². The molecule has 0 atom stereocenters. The summed E-state index contributed by atoms with van der Waals surface area (Å²) in [5.74, 6) is 0.725. The van der Waals surface area contributed by atoms with Gasteiger partial charge in [0.2, 0.25) is 0 Å². The van der Waals surface area contributed by atoms with E-state index in [4.69, 9.17) is 4.74 Å². The average Bonchev–Trinajstić information content (AvgIpc) is 2.33. The maximum Gasteiger partial charge on any atom is 0.184 e. The fourth-order valence-corrected chi connectivity index (χ4v) is 1.43. The number of nitrogens with zero attached hydrogens (tertiary/aromatic N) is 1. The Morgan fingerprint density at radius 3 is 2.38 bits per heavy atom. The number of benzene rings is 1. The number of rotatable bonds is 4. The molecule has 0 saturated heterocycles. The first-order valence-corrected chi connectivity index (χ1v) is 5.20. The largest absolute Gasteiger partial charge is 0.619 e. The van der Waals surface area contributed by atoms with Crippen LogP contribution in [0.4, 0.5) is 0 Å². The molecule has 0 unspecified atom stereocenters. The Morgan fingerprint density at radius 2 is 1.69 bits per heavy atom. The molecule has 0 fully saturated rings. The van der Waals surface area contributed by atoms with Gasteiger partial charge >= 0.3 is 0 Å². The van der Waals surface area contributed by atoms with Crippen molar-refractivity contribution in [2.45, 2.75) is 6.42 Å². The van der Waals surface area contributed by atoms with E-state index in [1.807, 2.05) is 18.2 Å². The maximum atomic E-state index is 10.8. The predicted octanol–water partition coefficient (Wildman–Crippen LogP) is 1.94. The van der Waals surface area contributed by atoms with Crippen molar-refractivity contribution in [1.82, 2.24) is 0 Å². The molecule has 82 valence electrons. The number of aromatic nitrogens is 1. The van der Waals surface area contributed by atoms with Crippen LogP contribution in [0, 0.1) is 5.21 Å². The zero-order chi connectivity index (χ0) is 11.2. The summed E-state index contributed by atoms with van der Waals surface area (Å²) < 4.78 is 6.25. The Labute approximate surface area is 94.5 Å². The van der Waals surface area contributed by atoms with Gasteiger partial charge in [-0.3, -0.25) is 0 Å². The zero-order valence-corrected chi connectivity index (χ0v) is 8.87. The molecule has 0 amide bonds. The van der Waals surface area contributed by atoms with Crippen molar-refractivity contribution in [1.29, 1.82) is 0 Å². The topological polar surface area (TPSA) is 36.2 Å². The fraction of sp³-hybridized carbons (Fsp3) is 0.154. The third-order valence-electron chi connectivity index (χ3n) is 2.27. The lowest BCUT2D eigenvalue weighted by Crippen LogP contribution is -2.23. The van der Waals surface area contributed by atoms with Gasteiger partial charge in [-0.05, 0) is 5.56 Å². The molecular formula is C13H13NO2. The van der Waals surface area contributed by atoms with Crippen molar-refractivity contribution in [2.75, 3.05) is 6.61 Å². The molecule has 1 aromatic heterocycles. The Kier molecular flexibility index (Phi) is 3.38. The van der Waals surface area contributed by atoms with Gasteiger partial charge < -0.3 is 9.94 Å². The standard InChI is InChI=1S/C13H13NO2/c15-14-9-6-13(7-10-14)16-11-8-12-4-2-1-3-5-12/h1-7,9-10H,8,11H2. The minimum absolute atomic E-state index is 0.618. The van der Waals surface area contributed by atoms with E-state index in [0.717, 1.165) is 16.9 Å². The molecule has 16 heavy (non-hydrogen) atoms. The zero-order valence-electron chi connectivity index (χ0n) is 8.87. The quantitative estimate of drug-likeness (QED) is 0.577. The Balaban J connectivity index is 1.82. The van der Waals surface area contributed by atoms with Crippen molar-refractivity contribution in [3.63, 3.8) is 0 Å². The van der Waals surface area contributed by atoms with Gasteiger partial charge in [-0.15, -0.1) is 0 Å². The molecule has 0 aliphatic rings. The van der Waals surface area contributed by atoms with Gasteiger partial charge in [-0.2, -0.15) is 4.73 Å². The van der Waals surface area contributed by atoms with Crippen molar-refractivity contribution in [2.24, 2.45) is 0 Å². The first-order chi connectivity index (χ1) is 7.84. The Hall–Kier alpha value is -2.03. The van der Waals surface area contributed by atoms with Crippen molar-refractivity contribution >= 4 is 0 Å². The van der Waals surface area contributed by atoms with Crippen LogP contribution in [0.15, 0.2) is 54.9 Å². The van der Waals surface area contributed by atoms with Crippen LogP contribution in [-0.2, 0) is 6.42 Å². The van der Waals surface area contributed by atoms with E-state index in [9.17, 15) is 5.21 Å². The number of hydrogen-bond donors (Lipinski definition) is 0. The highest BCUT2D eigenvalue weighted by molar-refractivity contribution is 5.17. The second kappa shape index (κ2) is 5.16. The minimum atomic E-state index is 0.618. The highest BCUT2D eigenvalue weighted by atomic mass is 16.5. The lowest BCUT2D eigenvalue weighted by molar-refractivity contribution is -0.605. The number of hydrogen-bond acceptors (Lipinski definition) is 2. The van der Waals surface area contributed by atoms with E-state index in [2.05, 4.69) is 12.1 Å². The molecular weight excluding hydrogens is 202 g/mol. The van der Waals surface area contributed by atoms with Crippen LogP contribution in [-0.4, -0.2) is 6.61 Å². The molecule has 0 spiro atoms. The summed E-state index contributed by atoms with van der Waals surface area (Å²) in [6.07, 6.45) is 3.73. The van der Waals surface area contributed by atoms with Gasteiger partial charge in [0.05, 0.1) is 6.61 Å². The molecule has 0 saturated carbocycles. The van der Waals surface area contributed by atoms with E-state index < -0.39 is 0 Å². The smallest absolute Gasteiger partial charge is 0.184 e. The summed E-state index contributed by atoms with van der Waals surface area (Å²) >= 11 is 0. The number of pyridine rings is 1. The average molecular weight is 215 g/mol. The molecule has 1 aromatic carbocycles. The van der Waals surface area contributed by atoms with Crippen molar-refractivity contribution in [3.8, 4) is 5.75 Å². The SMILES string of the molecule is [O-][n+]1ccc(OCCc2ccccc2)cc1. The van der Waals surface area contributed by atoms with Gasteiger partial charge in [0.25, 0.3) is 0 Å². The second-order valence-electron chi connectivity index (χ2n) is 3.48. The molecule has 0 aliphatic carbocycles. The van der Waals surface area contributed by atoms with Crippen molar-refractivity contribution in [3.05, 3.63) is 65.6 Å². The van der Waals surface area contributed by atoms with Crippen LogP contribution in [0.5, 0.6) is 5.75 Å². The maximum absolute atomic E-state index is 10.8. The molecule has 3 nitrogen and oxygen atoms in total. The summed E-state index contributed by atoms with van der Waals surface area (Å²) in [6, 6.07) is 13.5. The lowest BCUT2D eigenvalue weighted by Gasteiger charge is -2.05. The Bertz CT molecular complexity index is 425. The summed E-state index contributed by atoms with van der Waals surface area (Å²) in [5, 5.41) is 10.8. The van der Waals surface area contributed by atoms with Gasteiger partial charge in [0, 0.05) is 18.6 Å². The van der Waals surface area contributed by atoms with Crippen LogP contribution in [0.2, 0.25) is 0 Å². The highest BCUT2D eigenvalue weighted by Crippen LogP contribution is 2.07. The van der Waals surface area contributed by atoms with Crippen LogP contribution < -0.4 is 9.47 Å². The fourth-order valence-electron chi connectivity index (χ4n) is 1.43. The van der Waals surface area contributed by atoms with Crippen molar-refractivity contribution < 1.29 is 9.47 Å². The molecule has 0 radical (unpaired) electrons. The van der Waals surface area contributed by atoms with E-state index in [0.29, 0.717) is 6.61 Å². The minimum Gasteiger partial charge on any atom is -0.619 e. The monoisotopic (exact) mass is 215 g/mol. The molecule has 3 heteroatoms. The second-order valence-corrected chi connectivity index (χ2v) is 3.48. The van der Waals surface area contributed by atoms with E-state index in [1.165, 1.54) is 18.0 Å². The van der Waals surface area contributed by atoms with E-state index >= 15 is 0 Å². The van der Waals surface area contributed by atoms with E-state index in [1.54, 1.807) is 12.1 Å². The van der Waals surface area contributed by atoms with Crippen LogP contribution >= 0.6 is 0 Å². The molecule has 2 aromatic rings. The molecule has 0 bridgehead atoms. The van der Waals surface area contributed by atoms with E-state index in [-0.39, 0.29) is 0 Å². The summed E-state index contributed by atoms with van der Waals surface area (Å²) in [5.41, 5.74) is 1.25. The first-order valence-electron chi connectivity index (χ1n) is 5.20. The Morgan fingerprint density at radius 1 is 1.00 bits per heavy atom. The van der Waals surface area contributed by atoms with Gasteiger partial charge in [-0.1, -0.05) is 30.3 Å². The summed E-state index contributed by atoms with van der Waals surface area (Å²) in [7, 11) is 0. The van der Waals surface area contributed by atoms with Gasteiger partial charge in [0.1, 0.15) is 5.75 Å². The van der Waals surface area contributed by atoms with Gasteiger partial charge in [-0.25, -0.2) is 0 Å². The highest BCUT2D eigenvalue weighted by Gasteiger charge is 1.96. The molecule has 2 rings (SSSR count).